The second-order valence-corrected chi connectivity index (χ2v) is 5.39. The highest BCUT2D eigenvalue weighted by Crippen LogP contribution is 2.23. The highest BCUT2D eigenvalue weighted by Gasteiger charge is 2.16. The second kappa shape index (κ2) is 7.02. The molecule has 2 aromatic heterocycles. The number of amides is 1. The molecule has 4 N–H and O–H groups in total. The number of hydrogen-bond donors (Lipinski definition) is 3. The molecule has 1 unspecified atom stereocenters. The smallest absolute Gasteiger partial charge is 0.253 e. The van der Waals surface area contributed by atoms with E-state index in [0.29, 0.717) is 11.4 Å². The van der Waals surface area contributed by atoms with Crippen LogP contribution in [0.3, 0.4) is 0 Å². The summed E-state index contributed by atoms with van der Waals surface area (Å²) in [5, 5.41) is 5.08. The number of hydrogen-bond acceptors (Lipinski definition) is 5. The summed E-state index contributed by atoms with van der Waals surface area (Å²) in [4.78, 5) is 17.4. The fraction of sp³-hybridized carbons (Fsp3) is 0.286. The van der Waals surface area contributed by atoms with Gasteiger partial charge in [-0.1, -0.05) is 19.4 Å². The van der Waals surface area contributed by atoms with Crippen LogP contribution in [0.15, 0.2) is 35.8 Å². The summed E-state index contributed by atoms with van der Waals surface area (Å²) in [6, 6.07) is 7.48. The van der Waals surface area contributed by atoms with Gasteiger partial charge in [-0.3, -0.25) is 4.79 Å². The molecule has 5 nitrogen and oxygen atoms in total. The molecule has 0 aliphatic carbocycles. The number of aromatic nitrogens is 1. The number of carbonyl (C=O) groups is 1. The number of rotatable bonds is 6. The number of carbonyl (C=O) groups excluding carboxylic acids is 1. The molecule has 0 saturated carbocycles. The molecule has 2 heterocycles. The van der Waals surface area contributed by atoms with E-state index in [0.717, 1.165) is 12.8 Å². The largest absolute Gasteiger partial charge is 0.344 e. The quantitative estimate of drug-likeness (QED) is 0.564. The molecule has 1 atom stereocenters. The number of nitrogens with one attached hydrogen (secondary N) is 2. The molecule has 2 rings (SSSR count). The Labute approximate surface area is 122 Å². The number of anilines is 1. The first-order valence-corrected chi connectivity index (χ1v) is 7.39. The minimum absolute atomic E-state index is 0.0554. The van der Waals surface area contributed by atoms with Crippen molar-refractivity contribution in [1.82, 2.24) is 10.3 Å². The lowest BCUT2D eigenvalue weighted by Gasteiger charge is -2.16. The molecule has 6 heteroatoms. The first kappa shape index (κ1) is 14.5. The third-order valence-corrected chi connectivity index (χ3v) is 3.93. The van der Waals surface area contributed by atoms with Gasteiger partial charge in [0.2, 0.25) is 0 Å². The van der Waals surface area contributed by atoms with Gasteiger partial charge in [-0.15, -0.1) is 11.3 Å². The van der Waals surface area contributed by atoms with E-state index in [1.54, 1.807) is 23.5 Å². The molecule has 0 aromatic carbocycles. The summed E-state index contributed by atoms with van der Waals surface area (Å²) in [6.07, 6.45) is 3.45. The molecule has 0 radical (unpaired) electrons. The summed E-state index contributed by atoms with van der Waals surface area (Å²) in [5.41, 5.74) is 2.96. The van der Waals surface area contributed by atoms with Crippen molar-refractivity contribution in [2.75, 3.05) is 5.43 Å². The van der Waals surface area contributed by atoms with E-state index in [4.69, 9.17) is 5.84 Å². The molecular formula is C14H18N4OS. The van der Waals surface area contributed by atoms with E-state index in [1.165, 1.54) is 11.1 Å². The van der Waals surface area contributed by atoms with Crippen molar-refractivity contribution in [2.45, 2.75) is 25.8 Å². The minimum Gasteiger partial charge on any atom is -0.344 e. The van der Waals surface area contributed by atoms with Crippen LogP contribution in [0.2, 0.25) is 0 Å². The summed E-state index contributed by atoms with van der Waals surface area (Å²) in [6.45, 7) is 2.11. The van der Waals surface area contributed by atoms with Crippen molar-refractivity contribution in [3.63, 3.8) is 0 Å². The molecule has 0 saturated heterocycles. The van der Waals surface area contributed by atoms with E-state index in [1.807, 2.05) is 17.5 Å². The predicted octanol–water partition coefficient (Wildman–Crippen LogP) is 2.70. The van der Waals surface area contributed by atoms with Crippen LogP contribution in [-0.4, -0.2) is 10.9 Å². The molecule has 20 heavy (non-hydrogen) atoms. The van der Waals surface area contributed by atoms with Gasteiger partial charge >= 0.3 is 0 Å². The maximum Gasteiger partial charge on any atom is 0.253 e. The Kier molecular flexibility index (Phi) is 5.09. The summed E-state index contributed by atoms with van der Waals surface area (Å²) in [7, 11) is 0. The lowest BCUT2D eigenvalue weighted by Crippen LogP contribution is -2.28. The third-order valence-electron chi connectivity index (χ3n) is 2.94. The van der Waals surface area contributed by atoms with Crippen molar-refractivity contribution in [3.8, 4) is 0 Å². The van der Waals surface area contributed by atoms with Crippen molar-refractivity contribution >= 4 is 23.1 Å². The molecule has 106 valence electrons. The number of pyridine rings is 1. The number of nitrogens with zero attached hydrogens (tertiary/aromatic N) is 1. The standard InChI is InChI=1S/C14H18N4OS/c1-2-4-11(12-5-3-8-20-12)17-14(19)10-6-7-13(18-15)16-9-10/h3,5-9,11H,2,4,15H2,1H3,(H,16,18)(H,17,19). The Bertz CT molecular complexity index is 539. The zero-order chi connectivity index (χ0) is 14.4. The Morgan fingerprint density at radius 3 is 2.85 bits per heavy atom. The van der Waals surface area contributed by atoms with Crippen molar-refractivity contribution in [1.29, 1.82) is 0 Å². The first-order valence-electron chi connectivity index (χ1n) is 6.51. The van der Waals surface area contributed by atoms with E-state index in [9.17, 15) is 4.79 Å². The minimum atomic E-state index is -0.118. The number of thiophene rings is 1. The summed E-state index contributed by atoms with van der Waals surface area (Å²) in [5.74, 6) is 5.66. The van der Waals surface area contributed by atoms with Crippen LogP contribution in [0.5, 0.6) is 0 Å². The number of nitrogen functional groups attached to an aromatic ring is 1. The van der Waals surface area contributed by atoms with Crippen molar-refractivity contribution in [3.05, 3.63) is 46.3 Å². The van der Waals surface area contributed by atoms with Gasteiger partial charge in [0.25, 0.3) is 5.91 Å². The fourth-order valence-electron chi connectivity index (χ4n) is 1.92. The first-order chi connectivity index (χ1) is 9.74. The van der Waals surface area contributed by atoms with Gasteiger partial charge in [0.15, 0.2) is 0 Å². The third kappa shape index (κ3) is 3.55. The molecule has 0 aliphatic rings. The number of nitrogens with two attached hydrogens (primary N) is 1. The van der Waals surface area contributed by atoms with Gasteiger partial charge in [-0.2, -0.15) is 0 Å². The lowest BCUT2D eigenvalue weighted by molar-refractivity contribution is 0.0935. The SMILES string of the molecule is CCCC(NC(=O)c1ccc(NN)nc1)c1cccs1. The van der Waals surface area contributed by atoms with Crippen LogP contribution in [0.1, 0.15) is 41.0 Å². The topological polar surface area (TPSA) is 80.0 Å². The fourth-order valence-corrected chi connectivity index (χ4v) is 2.73. The Hall–Kier alpha value is -1.92. The monoisotopic (exact) mass is 290 g/mol. The van der Waals surface area contributed by atoms with Gasteiger partial charge in [-0.05, 0) is 30.0 Å². The Balaban J connectivity index is 2.07. The Morgan fingerprint density at radius 1 is 1.45 bits per heavy atom. The second-order valence-electron chi connectivity index (χ2n) is 4.41. The van der Waals surface area contributed by atoms with Crippen LogP contribution >= 0.6 is 11.3 Å². The van der Waals surface area contributed by atoms with Crippen molar-refractivity contribution in [2.24, 2.45) is 5.84 Å². The summed E-state index contributed by atoms with van der Waals surface area (Å²) >= 11 is 1.66. The van der Waals surface area contributed by atoms with Gasteiger partial charge in [0.05, 0.1) is 11.6 Å². The average Bonchev–Trinajstić information content (AvgIpc) is 3.01. The number of hydrazine groups is 1. The van der Waals surface area contributed by atoms with E-state index in [-0.39, 0.29) is 11.9 Å². The van der Waals surface area contributed by atoms with E-state index < -0.39 is 0 Å². The zero-order valence-electron chi connectivity index (χ0n) is 11.3. The van der Waals surface area contributed by atoms with Crippen LogP contribution in [0.4, 0.5) is 5.82 Å². The van der Waals surface area contributed by atoms with Crippen LogP contribution in [0, 0.1) is 0 Å². The molecular weight excluding hydrogens is 272 g/mol. The van der Waals surface area contributed by atoms with Crippen LogP contribution in [-0.2, 0) is 0 Å². The average molecular weight is 290 g/mol. The predicted molar refractivity (Wildman–Crippen MR) is 81.5 cm³/mol. The molecule has 0 fully saturated rings. The van der Waals surface area contributed by atoms with Gasteiger partial charge in [0.1, 0.15) is 5.82 Å². The lowest BCUT2D eigenvalue weighted by atomic mass is 10.1. The molecule has 0 bridgehead atoms. The van der Waals surface area contributed by atoms with E-state index >= 15 is 0 Å². The maximum absolute atomic E-state index is 12.2. The van der Waals surface area contributed by atoms with Gasteiger partial charge < -0.3 is 10.7 Å². The molecule has 2 aromatic rings. The van der Waals surface area contributed by atoms with Gasteiger partial charge in [-0.25, -0.2) is 10.8 Å². The van der Waals surface area contributed by atoms with Crippen LogP contribution < -0.4 is 16.6 Å². The van der Waals surface area contributed by atoms with Crippen LogP contribution in [0.25, 0.3) is 0 Å². The maximum atomic E-state index is 12.2. The summed E-state index contributed by atoms with van der Waals surface area (Å²) < 4.78 is 0. The molecule has 0 aliphatic heterocycles. The highest BCUT2D eigenvalue weighted by molar-refractivity contribution is 7.10. The van der Waals surface area contributed by atoms with E-state index in [2.05, 4.69) is 22.7 Å². The zero-order valence-corrected chi connectivity index (χ0v) is 12.1. The highest BCUT2D eigenvalue weighted by atomic mass is 32.1. The van der Waals surface area contributed by atoms with Crippen molar-refractivity contribution < 1.29 is 4.79 Å². The normalized spacial score (nSPS) is 11.9. The molecule has 0 spiro atoms. The molecule has 1 amide bonds. The van der Waals surface area contributed by atoms with Gasteiger partial charge in [0, 0.05) is 11.1 Å². The Morgan fingerprint density at radius 2 is 2.30 bits per heavy atom.